The van der Waals surface area contributed by atoms with E-state index in [1.54, 1.807) is 0 Å². The molecule has 5 rings (SSSR count). The van der Waals surface area contributed by atoms with Gasteiger partial charge in [0.25, 0.3) is 0 Å². The van der Waals surface area contributed by atoms with Crippen LogP contribution in [0.25, 0.3) is 12.2 Å². The van der Waals surface area contributed by atoms with E-state index < -0.39 is 11.9 Å². The fraction of sp³-hybridized carbons (Fsp3) is 0.485. The van der Waals surface area contributed by atoms with Crippen LogP contribution in [0, 0.1) is 32.6 Å². The van der Waals surface area contributed by atoms with Gasteiger partial charge in [0.1, 0.15) is 0 Å². The van der Waals surface area contributed by atoms with E-state index in [2.05, 4.69) is 26.3 Å². The molecule has 4 atom stereocenters. The third-order valence-corrected chi connectivity index (χ3v) is 10.5. The van der Waals surface area contributed by atoms with Gasteiger partial charge in [0.15, 0.2) is 5.88 Å². The Kier molecular flexibility index (Phi) is 9.06. The van der Waals surface area contributed by atoms with Gasteiger partial charge >= 0.3 is 11.9 Å². The number of amides is 1. The largest absolute Gasteiger partial charge is 0.494 e. The standard InChI is InChI=1S/C33H42N4O6S/c1-6-19-15(2)24(36-33(19)43)11-22-16(3)20(7-9-29(38)39)25(34-22)13-26-21(8-10-30(40)41)17(4)23(35-26)12-27-31(28-14-44-28)18(5)32(42)37-27/h12-13,18,27-28,31,34-36,43H,6-11,14H2,1-5H3,(H,37,42)(H,38,39)(H,40,41)/b23-12-,26-13-/t18-,27?,28-,31-/m1/s1. The van der Waals surface area contributed by atoms with Crippen molar-refractivity contribution in [3.63, 3.8) is 0 Å². The molecule has 236 valence electrons. The first-order valence-electron chi connectivity index (χ1n) is 15.3. The van der Waals surface area contributed by atoms with E-state index in [1.165, 1.54) is 0 Å². The van der Waals surface area contributed by atoms with Crippen LogP contribution >= 0.6 is 11.8 Å². The van der Waals surface area contributed by atoms with Gasteiger partial charge in [-0.05, 0) is 80.0 Å². The SMILES string of the molecule is CCc1c(O)[nH]c(Cc2[nH]c(/C=c3\[nH]/c(=C\C4NC(=O)[C@H](C)[C@H]4[C@H]4CS4)c(C)c3CCC(=O)O)c(CCC(=O)O)c2C)c1C. The summed E-state index contributed by atoms with van der Waals surface area (Å²) in [5, 5.41) is 34.6. The number of thioether (sulfide) groups is 1. The number of carboxylic acid groups (broad SMARTS) is 2. The number of nitrogens with one attached hydrogen (secondary N) is 4. The lowest BCUT2D eigenvalue weighted by Crippen LogP contribution is -2.31. The molecule has 0 spiro atoms. The zero-order chi connectivity index (χ0) is 31.9. The second kappa shape index (κ2) is 12.6. The maximum absolute atomic E-state index is 12.6. The molecule has 1 unspecified atom stereocenters. The van der Waals surface area contributed by atoms with Crippen LogP contribution in [-0.2, 0) is 40.1 Å². The van der Waals surface area contributed by atoms with E-state index in [9.17, 15) is 29.7 Å². The predicted octanol–water partition coefficient (Wildman–Crippen LogP) is 2.96. The smallest absolute Gasteiger partial charge is 0.303 e. The molecule has 0 aliphatic carbocycles. The van der Waals surface area contributed by atoms with Gasteiger partial charge in [-0.15, -0.1) is 0 Å². The number of aliphatic carboxylic acids is 2. The van der Waals surface area contributed by atoms with E-state index in [4.69, 9.17) is 0 Å². The van der Waals surface area contributed by atoms with Crippen LogP contribution < -0.4 is 16.0 Å². The number of aromatic hydroxyl groups is 1. The molecule has 3 aromatic rings. The average Bonchev–Trinajstić information content (AvgIpc) is 3.53. The Hall–Kier alpha value is -3.86. The summed E-state index contributed by atoms with van der Waals surface area (Å²) in [5.41, 5.74) is 8.12. The quantitative estimate of drug-likeness (QED) is 0.152. The Labute approximate surface area is 260 Å². The van der Waals surface area contributed by atoms with Crippen molar-refractivity contribution >= 4 is 41.8 Å². The van der Waals surface area contributed by atoms with Crippen LogP contribution in [-0.4, -0.2) is 65.2 Å². The lowest BCUT2D eigenvalue weighted by Gasteiger charge is -2.16. The number of aromatic amines is 3. The minimum absolute atomic E-state index is 0.0317. The fourth-order valence-electron chi connectivity index (χ4n) is 6.74. The van der Waals surface area contributed by atoms with E-state index in [1.807, 2.05) is 52.5 Å². The van der Waals surface area contributed by atoms with Gasteiger partial charge < -0.3 is 35.6 Å². The molecule has 0 saturated carbocycles. The molecular formula is C33H42N4O6S. The Bertz CT molecular complexity index is 1730. The Balaban J connectivity index is 1.61. The molecule has 2 fully saturated rings. The zero-order valence-electron chi connectivity index (χ0n) is 25.9. The second-order valence-electron chi connectivity index (χ2n) is 12.1. The van der Waals surface area contributed by atoms with Gasteiger partial charge in [0.2, 0.25) is 5.91 Å². The first kappa shape index (κ1) is 31.6. The van der Waals surface area contributed by atoms with Crippen molar-refractivity contribution in [2.75, 3.05) is 5.75 Å². The molecule has 0 bridgehead atoms. The third kappa shape index (κ3) is 6.33. The van der Waals surface area contributed by atoms with Gasteiger partial charge in [-0.3, -0.25) is 14.4 Å². The van der Waals surface area contributed by atoms with Crippen LogP contribution in [0.4, 0.5) is 0 Å². The van der Waals surface area contributed by atoms with Crippen LogP contribution in [0.15, 0.2) is 0 Å². The summed E-state index contributed by atoms with van der Waals surface area (Å²) in [6.45, 7) is 9.91. The van der Waals surface area contributed by atoms with Crippen LogP contribution in [0.5, 0.6) is 5.88 Å². The van der Waals surface area contributed by atoms with E-state index in [0.29, 0.717) is 30.9 Å². The number of carboxylic acids is 2. The number of rotatable bonds is 12. The molecule has 10 nitrogen and oxygen atoms in total. The molecule has 7 N–H and O–H groups in total. The number of hydrogen-bond acceptors (Lipinski definition) is 5. The number of H-pyrrole nitrogens is 3. The minimum Gasteiger partial charge on any atom is -0.494 e. The van der Waals surface area contributed by atoms with Gasteiger partial charge in [0, 0.05) is 75.4 Å². The van der Waals surface area contributed by atoms with Gasteiger partial charge in [0.05, 0.1) is 6.04 Å². The number of hydrogen-bond donors (Lipinski definition) is 7. The number of aromatic nitrogens is 3. The normalized spacial score (nSPS) is 22.2. The van der Waals surface area contributed by atoms with E-state index >= 15 is 0 Å². The Morgan fingerprint density at radius 3 is 2.11 bits per heavy atom. The molecule has 2 aliphatic heterocycles. The molecule has 2 saturated heterocycles. The average molecular weight is 623 g/mol. The monoisotopic (exact) mass is 622 g/mol. The highest BCUT2D eigenvalue weighted by Crippen LogP contribution is 2.44. The summed E-state index contributed by atoms with van der Waals surface area (Å²) in [6, 6.07) is -0.117. The highest BCUT2D eigenvalue weighted by Gasteiger charge is 2.47. The van der Waals surface area contributed by atoms with Crippen molar-refractivity contribution in [3.05, 3.63) is 61.2 Å². The summed E-state index contributed by atoms with van der Waals surface area (Å²) >= 11 is 1.87. The third-order valence-electron chi connectivity index (χ3n) is 9.45. The summed E-state index contributed by atoms with van der Waals surface area (Å²) < 4.78 is 0. The van der Waals surface area contributed by atoms with Gasteiger partial charge in [-0.25, -0.2) is 0 Å². The van der Waals surface area contributed by atoms with Crippen molar-refractivity contribution < 1.29 is 29.7 Å². The summed E-state index contributed by atoms with van der Waals surface area (Å²) in [5.74, 6) is -0.366. The van der Waals surface area contributed by atoms with Crippen LogP contribution in [0.2, 0.25) is 0 Å². The second-order valence-corrected chi connectivity index (χ2v) is 13.4. The van der Waals surface area contributed by atoms with Gasteiger partial charge in [-0.2, -0.15) is 11.8 Å². The van der Waals surface area contributed by atoms with Crippen molar-refractivity contribution in [2.24, 2.45) is 11.8 Å². The zero-order valence-corrected chi connectivity index (χ0v) is 26.7. The molecule has 2 aliphatic rings. The van der Waals surface area contributed by atoms with Crippen LogP contribution in [0.3, 0.4) is 0 Å². The highest BCUT2D eigenvalue weighted by atomic mass is 32.2. The summed E-state index contributed by atoms with van der Waals surface area (Å²) in [6.07, 6.45) is 5.83. The molecule has 44 heavy (non-hydrogen) atoms. The molecule has 0 aromatic carbocycles. The van der Waals surface area contributed by atoms with Crippen molar-refractivity contribution in [3.8, 4) is 5.88 Å². The van der Waals surface area contributed by atoms with Gasteiger partial charge in [-0.1, -0.05) is 13.8 Å². The molecule has 1 amide bonds. The Morgan fingerprint density at radius 1 is 0.909 bits per heavy atom. The van der Waals surface area contributed by atoms with Crippen molar-refractivity contribution in [2.45, 2.75) is 84.4 Å². The molecular weight excluding hydrogens is 580 g/mol. The topological polar surface area (TPSA) is 171 Å². The van der Waals surface area contributed by atoms with E-state index in [0.717, 1.165) is 66.9 Å². The predicted molar refractivity (Wildman–Crippen MR) is 170 cm³/mol. The molecule has 11 heteroatoms. The molecule has 5 heterocycles. The molecule has 3 aromatic heterocycles. The Morgan fingerprint density at radius 2 is 1.52 bits per heavy atom. The maximum Gasteiger partial charge on any atom is 0.303 e. The minimum atomic E-state index is -0.888. The van der Waals surface area contributed by atoms with E-state index in [-0.39, 0.29) is 42.5 Å². The highest BCUT2D eigenvalue weighted by molar-refractivity contribution is 8.06. The molecule has 0 radical (unpaired) electrons. The summed E-state index contributed by atoms with van der Waals surface area (Å²) in [4.78, 5) is 45.9. The van der Waals surface area contributed by atoms with Crippen molar-refractivity contribution in [1.29, 1.82) is 0 Å². The lowest BCUT2D eigenvalue weighted by atomic mass is 9.89. The lowest BCUT2D eigenvalue weighted by molar-refractivity contribution is -0.138. The number of carbonyl (C=O) groups excluding carboxylic acids is 1. The van der Waals surface area contributed by atoms with Crippen molar-refractivity contribution in [1.82, 2.24) is 20.3 Å². The fourth-order valence-corrected chi connectivity index (χ4v) is 7.70. The maximum atomic E-state index is 12.6. The summed E-state index contributed by atoms with van der Waals surface area (Å²) in [7, 11) is 0. The first-order chi connectivity index (χ1) is 20.9. The number of carbonyl (C=O) groups is 3. The first-order valence-corrected chi connectivity index (χ1v) is 16.3. The van der Waals surface area contributed by atoms with Crippen LogP contribution in [0.1, 0.15) is 77.2 Å².